The van der Waals surface area contributed by atoms with Crippen molar-refractivity contribution in [2.45, 2.75) is 33.1 Å². The average Bonchev–Trinajstić information content (AvgIpc) is 2.93. The van der Waals surface area contributed by atoms with E-state index in [1.165, 1.54) is 5.56 Å². The van der Waals surface area contributed by atoms with Gasteiger partial charge in [0.1, 0.15) is 5.76 Å². The lowest BCUT2D eigenvalue weighted by Gasteiger charge is -2.28. The minimum Gasteiger partial charge on any atom is -0.361 e. The van der Waals surface area contributed by atoms with Crippen LogP contribution in [0, 0.1) is 5.92 Å². The highest BCUT2D eigenvalue weighted by atomic mass is 16.5. The number of carbonyl (C=O) groups excluding carboxylic acids is 1. The molecule has 1 aliphatic heterocycles. The van der Waals surface area contributed by atoms with Gasteiger partial charge in [-0.3, -0.25) is 4.79 Å². The Morgan fingerprint density at radius 1 is 1.38 bits per heavy atom. The van der Waals surface area contributed by atoms with Gasteiger partial charge in [0, 0.05) is 24.7 Å². The van der Waals surface area contributed by atoms with Crippen molar-refractivity contribution in [1.82, 2.24) is 5.16 Å². The molecule has 0 aliphatic carbocycles. The van der Waals surface area contributed by atoms with Crippen molar-refractivity contribution in [1.29, 1.82) is 0 Å². The standard InChI is InChI=1S/C17H20N2O2/c1-12(2)10-14-11-15(18-21-14)17(20)19-9-5-7-13-6-3-4-8-16(13)19/h3-4,6,8,11-12H,5,7,9-10H2,1-2H3. The minimum absolute atomic E-state index is 0.0686. The van der Waals surface area contributed by atoms with Crippen molar-refractivity contribution in [3.05, 3.63) is 47.3 Å². The van der Waals surface area contributed by atoms with Crippen LogP contribution in [-0.4, -0.2) is 17.6 Å². The second kappa shape index (κ2) is 5.72. The van der Waals surface area contributed by atoms with Crippen LogP contribution in [0.2, 0.25) is 0 Å². The first-order valence-electron chi connectivity index (χ1n) is 7.50. The summed E-state index contributed by atoms with van der Waals surface area (Å²) in [5, 5.41) is 3.95. The molecule has 0 spiro atoms. The first-order valence-corrected chi connectivity index (χ1v) is 7.50. The third kappa shape index (κ3) is 2.84. The van der Waals surface area contributed by atoms with Crippen LogP contribution in [0.3, 0.4) is 0 Å². The van der Waals surface area contributed by atoms with Crippen molar-refractivity contribution in [2.75, 3.05) is 11.4 Å². The number of rotatable bonds is 3. The molecular weight excluding hydrogens is 264 g/mol. The zero-order valence-corrected chi connectivity index (χ0v) is 12.5. The Morgan fingerprint density at radius 3 is 3.00 bits per heavy atom. The van der Waals surface area contributed by atoms with Crippen LogP contribution in [0.5, 0.6) is 0 Å². The second-order valence-corrected chi connectivity index (χ2v) is 5.97. The van der Waals surface area contributed by atoms with E-state index in [4.69, 9.17) is 4.52 Å². The van der Waals surface area contributed by atoms with Crippen molar-refractivity contribution in [3.63, 3.8) is 0 Å². The number of anilines is 1. The third-order valence-corrected chi connectivity index (χ3v) is 3.74. The Bertz CT molecular complexity index is 646. The highest BCUT2D eigenvalue weighted by Crippen LogP contribution is 2.28. The fourth-order valence-corrected chi connectivity index (χ4v) is 2.80. The van der Waals surface area contributed by atoms with Gasteiger partial charge in [-0.25, -0.2) is 0 Å². The summed E-state index contributed by atoms with van der Waals surface area (Å²) in [5.41, 5.74) is 2.63. The molecule has 3 rings (SSSR count). The van der Waals surface area contributed by atoms with E-state index in [1.54, 1.807) is 6.07 Å². The first kappa shape index (κ1) is 13.9. The topological polar surface area (TPSA) is 46.3 Å². The largest absolute Gasteiger partial charge is 0.361 e. The van der Waals surface area contributed by atoms with Crippen LogP contribution in [0.1, 0.15) is 42.1 Å². The van der Waals surface area contributed by atoms with E-state index >= 15 is 0 Å². The molecule has 0 atom stereocenters. The molecule has 4 nitrogen and oxygen atoms in total. The fourth-order valence-electron chi connectivity index (χ4n) is 2.80. The Balaban J connectivity index is 1.84. The number of hydrogen-bond donors (Lipinski definition) is 0. The Kier molecular flexibility index (Phi) is 3.78. The van der Waals surface area contributed by atoms with E-state index < -0.39 is 0 Å². The molecule has 1 aromatic carbocycles. The number of hydrogen-bond acceptors (Lipinski definition) is 3. The molecule has 21 heavy (non-hydrogen) atoms. The predicted molar refractivity (Wildman–Crippen MR) is 81.5 cm³/mol. The normalized spacial score (nSPS) is 14.3. The van der Waals surface area contributed by atoms with E-state index in [2.05, 4.69) is 25.1 Å². The quantitative estimate of drug-likeness (QED) is 0.867. The summed E-state index contributed by atoms with van der Waals surface area (Å²) in [6.07, 6.45) is 2.81. The van der Waals surface area contributed by atoms with Gasteiger partial charge in [-0.05, 0) is 30.4 Å². The maximum Gasteiger partial charge on any atom is 0.280 e. The minimum atomic E-state index is -0.0686. The van der Waals surface area contributed by atoms with Crippen LogP contribution in [0.4, 0.5) is 5.69 Å². The molecule has 110 valence electrons. The van der Waals surface area contributed by atoms with Crippen molar-refractivity contribution in [2.24, 2.45) is 5.92 Å². The van der Waals surface area contributed by atoms with E-state index in [1.807, 2.05) is 23.1 Å². The Labute approximate surface area is 124 Å². The summed E-state index contributed by atoms with van der Waals surface area (Å²) in [5.74, 6) is 1.19. The molecular formula is C17H20N2O2. The summed E-state index contributed by atoms with van der Waals surface area (Å²) in [6, 6.07) is 9.85. The fraction of sp³-hybridized carbons (Fsp3) is 0.412. The molecule has 0 saturated heterocycles. The maximum absolute atomic E-state index is 12.7. The summed E-state index contributed by atoms with van der Waals surface area (Å²) in [4.78, 5) is 14.5. The van der Waals surface area contributed by atoms with Gasteiger partial charge < -0.3 is 9.42 Å². The first-order chi connectivity index (χ1) is 10.1. The van der Waals surface area contributed by atoms with Crippen LogP contribution in [0.15, 0.2) is 34.9 Å². The van der Waals surface area contributed by atoms with Gasteiger partial charge in [-0.15, -0.1) is 0 Å². The van der Waals surface area contributed by atoms with Crippen molar-refractivity contribution in [3.8, 4) is 0 Å². The maximum atomic E-state index is 12.7. The molecule has 0 radical (unpaired) electrons. The lowest BCUT2D eigenvalue weighted by molar-refractivity contribution is 0.0976. The zero-order chi connectivity index (χ0) is 14.8. The highest BCUT2D eigenvalue weighted by molar-refractivity contribution is 6.05. The highest BCUT2D eigenvalue weighted by Gasteiger charge is 2.25. The summed E-state index contributed by atoms with van der Waals surface area (Å²) >= 11 is 0. The van der Waals surface area contributed by atoms with Gasteiger partial charge in [-0.2, -0.15) is 0 Å². The summed E-state index contributed by atoms with van der Waals surface area (Å²) < 4.78 is 5.28. The van der Waals surface area contributed by atoms with Crippen molar-refractivity contribution < 1.29 is 9.32 Å². The van der Waals surface area contributed by atoms with Crippen LogP contribution < -0.4 is 4.90 Å². The van der Waals surface area contributed by atoms with Gasteiger partial charge in [0.25, 0.3) is 5.91 Å². The molecule has 1 aromatic heterocycles. The van der Waals surface area contributed by atoms with Gasteiger partial charge in [0.2, 0.25) is 0 Å². The molecule has 0 fully saturated rings. The summed E-state index contributed by atoms with van der Waals surface area (Å²) in [7, 11) is 0. The molecule has 0 N–H and O–H groups in total. The number of aryl methyl sites for hydroxylation is 1. The number of para-hydroxylation sites is 1. The Hall–Kier alpha value is -2.10. The van der Waals surface area contributed by atoms with Crippen LogP contribution in [-0.2, 0) is 12.8 Å². The molecule has 1 amide bonds. The predicted octanol–water partition coefficient (Wildman–Crippen LogP) is 3.47. The van der Waals surface area contributed by atoms with E-state index in [9.17, 15) is 4.79 Å². The number of aromatic nitrogens is 1. The monoisotopic (exact) mass is 284 g/mol. The average molecular weight is 284 g/mol. The smallest absolute Gasteiger partial charge is 0.280 e. The van der Waals surface area contributed by atoms with Gasteiger partial charge in [0.05, 0.1) is 0 Å². The van der Waals surface area contributed by atoms with Crippen LogP contribution in [0.25, 0.3) is 0 Å². The van der Waals surface area contributed by atoms with E-state index in [0.717, 1.165) is 37.3 Å². The SMILES string of the molecule is CC(C)Cc1cc(C(=O)N2CCCc3ccccc32)no1. The molecule has 0 saturated carbocycles. The molecule has 2 aromatic rings. The lowest BCUT2D eigenvalue weighted by atomic mass is 10.0. The van der Waals surface area contributed by atoms with Crippen LogP contribution >= 0.6 is 0 Å². The lowest BCUT2D eigenvalue weighted by Crippen LogP contribution is -2.35. The third-order valence-electron chi connectivity index (χ3n) is 3.74. The van der Waals surface area contributed by atoms with Crippen molar-refractivity contribution >= 4 is 11.6 Å². The number of carbonyl (C=O) groups is 1. The van der Waals surface area contributed by atoms with E-state index in [0.29, 0.717) is 11.6 Å². The molecule has 1 aliphatic rings. The van der Waals surface area contributed by atoms with Gasteiger partial charge in [-0.1, -0.05) is 37.2 Å². The zero-order valence-electron chi connectivity index (χ0n) is 12.5. The number of nitrogens with zero attached hydrogens (tertiary/aromatic N) is 2. The second-order valence-electron chi connectivity index (χ2n) is 5.97. The number of fused-ring (bicyclic) bond motifs is 1. The molecule has 0 unspecified atom stereocenters. The Morgan fingerprint density at radius 2 is 2.19 bits per heavy atom. The van der Waals surface area contributed by atoms with E-state index in [-0.39, 0.29) is 5.91 Å². The number of benzene rings is 1. The van der Waals surface area contributed by atoms with Gasteiger partial charge in [0.15, 0.2) is 5.69 Å². The van der Waals surface area contributed by atoms with Gasteiger partial charge >= 0.3 is 0 Å². The molecule has 4 heteroatoms. The molecule has 0 bridgehead atoms. The molecule has 2 heterocycles. The number of amides is 1. The summed E-state index contributed by atoms with van der Waals surface area (Å²) in [6.45, 7) is 4.97.